The molecule has 1 amide bonds. The van der Waals surface area contributed by atoms with Crippen LogP contribution in [0.5, 0.6) is 0 Å². The quantitative estimate of drug-likeness (QED) is 0.634. The zero-order chi connectivity index (χ0) is 17.1. The fourth-order valence-electron chi connectivity index (χ4n) is 2.23. The van der Waals surface area contributed by atoms with Gasteiger partial charge < -0.3 is 20.3 Å². The summed E-state index contributed by atoms with van der Waals surface area (Å²) in [5.74, 6) is -0.270. The first-order chi connectivity index (χ1) is 10.8. The molecule has 0 aliphatic rings. The van der Waals surface area contributed by atoms with Crippen molar-refractivity contribution >= 4 is 39.2 Å². The Hall–Kier alpha value is -2.42. The van der Waals surface area contributed by atoms with Gasteiger partial charge in [0, 0.05) is 24.3 Å². The van der Waals surface area contributed by atoms with Crippen LogP contribution in [0.25, 0.3) is 0 Å². The van der Waals surface area contributed by atoms with E-state index in [1.165, 1.54) is 15.8 Å². The van der Waals surface area contributed by atoms with Crippen LogP contribution in [-0.4, -0.2) is 34.0 Å². The number of benzene rings is 1. The maximum Gasteiger partial charge on any atom is 0.406 e. The van der Waals surface area contributed by atoms with E-state index in [1.54, 1.807) is 20.2 Å². The highest BCUT2D eigenvalue weighted by Gasteiger charge is 2.24. The van der Waals surface area contributed by atoms with Gasteiger partial charge >= 0.3 is 5.82 Å². The number of halogens is 1. The normalized spacial score (nSPS) is 10.4. The van der Waals surface area contributed by atoms with E-state index in [4.69, 9.17) is 0 Å². The van der Waals surface area contributed by atoms with E-state index >= 15 is 0 Å². The minimum absolute atomic E-state index is 0.0319. The number of aromatic nitrogens is 2. The zero-order valence-corrected chi connectivity index (χ0v) is 14.5. The second-order valence-corrected chi connectivity index (χ2v) is 6.04. The van der Waals surface area contributed by atoms with E-state index in [0.29, 0.717) is 5.69 Å². The van der Waals surface area contributed by atoms with Crippen LogP contribution in [0.1, 0.15) is 5.56 Å². The molecule has 8 nitrogen and oxygen atoms in total. The van der Waals surface area contributed by atoms with Crippen molar-refractivity contribution in [3.8, 4) is 0 Å². The third-order valence-electron chi connectivity index (χ3n) is 3.27. The predicted molar refractivity (Wildman–Crippen MR) is 90.6 cm³/mol. The van der Waals surface area contributed by atoms with Crippen LogP contribution in [0.15, 0.2) is 29.0 Å². The average Bonchev–Trinajstić information content (AvgIpc) is 2.84. The average molecular weight is 382 g/mol. The van der Waals surface area contributed by atoms with Crippen LogP contribution in [0.4, 0.5) is 17.3 Å². The first-order valence-electron chi connectivity index (χ1n) is 6.72. The molecule has 1 N–H and O–H groups in total. The van der Waals surface area contributed by atoms with Gasteiger partial charge in [-0.05, 0) is 40.6 Å². The molecule has 0 aliphatic heterocycles. The lowest BCUT2D eigenvalue weighted by Gasteiger charge is -2.18. The number of hydrogen-bond acceptors (Lipinski definition) is 5. The Morgan fingerprint density at radius 1 is 1.52 bits per heavy atom. The van der Waals surface area contributed by atoms with E-state index in [2.05, 4.69) is 26.2 Å². The molecule has 2 aromatic rings. The maximum absolute atomic E-state index is 12.2. The second kappa shape index (κ2) is 6.78. The van der Waals surface area contributed by atoms with Gasteiger partial charge in [0.15, 0.2) is 0 Å². The summed E-state index contributed by atoms with van der Waals surface area (Å²) in [7, 11) is 3.25. The van der Waals surface area contributed by atoms with Gasteiger partial charge in [0.25, 0.3) is 0 Å². The van der Waals surface area contributed by atoms with E-state index < -0.39 is 4.92 Å². The number of carbonyl (C=O) groups excluding carboxylic acids is 1. The zero-order valence-electron chi connectivity index (χ0n) is 12.9. The Labute approximate surface area is 141 Å². The minimum Gasteiger partial charge on any atom is -0.358 e. The molecule has 1 aromatic carbocycles. The molecule has 1 heterocycles. The lowest BCUT2D eigenvalue weighted by Crippen LogP contribution is -2.31. The SMILES string of the molecule is Cc1cc(Br)ccc1NC(=O)CN(C)c1c([N+](=O)[O-])ncn1C. The second-order valence-electron chi connectivity index (χ2n) is 5.12. The molecule has 0 unspecified atom stereocenters. The fraction of sp³-hybridized carbons (Fsp3) is 0.286. The molecule has 0 fully saturated rings. The molecule has 0 atom stereocenters. The third-order valence-corrected chi connectivity index (χ3v) is 3.76. The standard InChI is InChI=1S/C14H16BrN5O3/c1-9-6-10(15)4-5-11(9)17-12(21)7-18(2)14-13(20(22)23)16-8-19(14)3/h4-6,8H,7H2,1-3H3,(H,17,21). The van der Waals surface area contributed by atoms with E-state index in [0.717, 1.165) is 10.0 Å². The van der Waals surface area contributed by atoms with Crippen LogP contribution in [0, 0.1) is 17.0 Å². The number of amides is 1. The van der Waals surface area contributed by atoms with Crippen molar-refractivity contribution in [1.29, 1.82) is 0 Å². The minimum atomic E-state index is -0.567. The molecule has 0 saturated carbocycles. The molecule has 1 aromatic heterocycles. The summed E-state index contributed by atoms with van der Waals surface area (Å²) in [5.41, 5.74) is 1.62. The number of nitrogens with zero attached hydrogens (tertiary/aromatic N) is 4. The van der Waals surface area contributed by atoms with E-state index in [9.17, 15) is 14.9 Å². The smallest absolute Gasteiger partial charge is 0.358 e. The van der Waals surface area contributed by atoms with Crippen molar-refractivity contribution in [3.05, 3.63) is 44.7 Å². The molecular formula is C14H16BrN5O3. The topological polar surface area (TPSA) is 93.3 Å². The summed E-state index contributed by atoms with van der Waals surface area (Å²) >= 11 is 3.36. The highest BCUT2D eigenvalue weighted by molar-refractivity contribution is 9.10. The highest BCUT2D eigenvalue weighted by atomic mass is 79.9. The highest BCUT2D eigenvalue weighted by Crippen LogP contribution is 2.25. The van der Waals surface area contributed by atoms with Gasteiger partial charge in [0.2, 0.25) is 18.1 Å². The molecule has 122 valence electrons. The number of aryl methyl sites for hydroxylation is 2. The molecule has 0 saturated heterocycles. The van der Waals surface area contributed by atoms with Crippen molar-refractivity contribution in [3.63, 3.8) is 0 Å². The number of hydrogen-bond donors (Lipinski definition) is 1. The number of likely N-dealkylation sites (N-methyl/N-ethyl adjacent to an activating group) is 1. The molecule has 23 heavy (non-hydrogen) atoms. The summed E-state index contributed by atoms with van der Waals surface area (Å²) in [6, 6.07) is 5.52. The first kappa shape index (κ1) is 16.9. The van der Waals surface area contributed by atoms with Crippen LogP contribution >= 0.6 is 15.9 Å². The monoisotopic (exact) mass is 381 g/mol. The molecule has 0 radical (unpaired) electrons. The largest absolute Gasteiger partial charge is 0.406 e. The fourth-order valence-corrected chi connectivity index (χ4v) is 2.70. The van der Waals surface area contributed by atoms with Crippen LogP contribution < -0.4 is 10.2 Å². The van der Waals surface area contributed by atoms with Crippen molar-refractivity contribution in [2.75, 3.05) is 23.8 Å². The number of nitro groups is 1. The molecule has 0 bridgehead atoms. The van der Waals surface area contributed by atoms with Gasteiger partial charge in [0.05, 0.1) is 6.54 Å². The van der Waals surface area contributed by atoms with Gasteiger partial charge in [-0.1, -0.05) is 15.9 Å². The first-order valence-corrected chi connectivity index (χ1v) is 7.51. The summed E-state index contributed by atoms with van der Waals surface area (Å²) in [5, 5.41) is 13.8. The summed E-state index contributed by atoms with van der Waals surface area (Å²) in [6.07, 6.45) is 1.35. The maximum atomic E-state index is 12.2. The summed E-state index contributed by atoms with van der Waals surface area (Å²) < 4.78 is 2.44. The Morgan fingerprint density at radius 2 is 2.22 bits per heavy atom. The van der Waals surface area contributed by atoms with Crippen molar-refractivity contribution < 1.29 is 9.72 Å². The van der Waals surface area contributed by atoms with Crippen molar-refractivity contribution in [2.24, 2.45) is 7.05 Å². The molecule has 0 spiro atoms. The molecule has 9 heteroatoms. The van der Waals surface area contributed by atoms with Gasteiger partial charge in [0.1, 0.15) is 0 Å². The Bertz CT molecular complexity index is 759. The van der Waals surface area contributed by atoms with Gasteiger partial charge in [-0.3, -0.25) is 9.36 Å². The van der Waals surface area contributed by atoms with Crippen LogP contribution in [0.2, 0.25) is 0 Å². The summed E-state index contributed by atoms with van der Waals surface area (Å²) in [4.78, 5) is 27.8. The van der Waals surface area contributed by atoms with Gasteiger partial charge in [-0.2, -0.15) is 0 Å². The van der Waals surface area contributed by atoms with E-state index in [1.807, 2.05) is 19.1 Å². The van der Waals surface area contributed by atoms with Gasteiger partial charge in [-0.15, -0.1) is 0 Å². The number of anilines is 2. The van der Waals surface area contributed by atoms with Crippen molar-refractivity contribution in [1.82, 2.24) is 9.55 Å². The number of nitrogens with one attached hydrogen (secondary N) is 1. The third kappa shape index (κ3) is 3.86. The molecule has 2 rings (SSSR count). The Kier molecular flexibility index (Phi) is 4.99. The van der Waals surface area contributed by atoms with Gasteiger partial charge in [-0.25, -0.2) is 0 Å². The number of carbonyl (C=O) groups is 1. The number of imidazole rings is 1. The Balaban J connectivity index is 2.11. The van der Waals surface area contributed by atoms with Crippen LogP contribution in [0.3, 0.4) is 0 Å². The molecular weight excluding hydrogens is 366 g/mol. The molecule has 0 aliphatic carbocycles. The lowest BCUT2D eigenvalue weighted by molar-refractivity contribution is -0.388. The summed E-state index contributed by atoms with van der Waals surface area (Å²) in [6.45, 7) is 1.85. The Morgan fingerprint density at radius 3 is 2.83 bits per heavy atom. The number of rotatable bonds is 5. The van der Waals surface area contributed by atoms with Crippen molar-refractivity contribution in [2.45, 2.75) is 6.92 Å². The predicted octanol–water partition coefficient (Wildman–Crippen LogP) is 2.47. The van der Waals surface area contributed by atoms with Crippen LogP contribution in [-0.2, 0) is 11.8 Å². The lowest BCUT2D eigenvalue weighted by atomic mass is 10.2. The van der Waals surface area contributed by atoms with E-state index in [-0.39, 0.29) is 24.1 Å².